The molecule has 0 N–H and O–H groups in total. The second-order valence-electron chi connectivity index (χ2n) is 5.41. The zero-order valence-corrected chi connectivity index (χ0v) is 13.2. The van der Waals surface area contributed by atoms with Crippen molar-refractivity contribution in [2.24, 2.45) is 0 Å². The first-order valence-electron chi connectivity index (χ1n) is 7.46. The number of piperazine rings is 1. The molecule has 1 aromatic rings. The van der Waals surface area contributed by atoms with Gasteiger partial charge in [0, 0.05) is 39.3 Å². The largest absolute Gasteiger partial charge is 0.494 e. The molecule has 0 bridgehead atoms. The zero-order valence-electron chi connectivity index (χ0n) is 13.2. The third-order valence-electron chi connectivity index (χ3n) is 3.95. The fourth-order valence-electron chi connectivity index (χ4n) is 2.59. The Labute approximate surface area is 130 Å². The summed E-state index contributed by atoms with van der Waals surface area (Å²) in [6, 6.07) is 5.09. The normalized spacial score (nSPS) is 16.5. The van der Waals surface area contributed by atoms with E-state index >= 15 is 0 Å². The van der Waals surface area contributed by atoms with E-state index in [4.69, 9.17) is 4.74 Å². The lowest BCUT2D eigenvalue weighted by Crippen LogP contribution is -2.46. The van der Waals surface area contributed by atoms with Crippen LogP contribution in [0.2, 0.25) is 0 Å². The van der Waals surface area contributed by atoms with Gasteiger partial charge in [0.15, 0.2) is 11.6 Å². The number of carbonyl (C=O) groups excluding carboxylic acids is 1. The Bertz CT molecular complexity index is 502. The van der Waals surface area contributed by atoms with Gasteiger partial charge in [-0.3, -0.25) is 9.69 Å². The molecule has 2 rings (SSSR count). The van der Waals surface area contributed by atoms with Gasteiger partial charge >= 0.3 is 5.97 Å². The van der Waals surface area contributed by atoms with Crippen LogP contribution in [0.4, 0.5) is 4.39 Å². The van der Waals surface area contributed by atoms with Crippen molar-refractivity contribution in [3.8, 4) is 5.75 Å². The van der Waals surface area contributed by atoms with Gasteiger partial charge in [-0.2, -0.15) is 0 Å². The highest BCUT2D eigenvalue weighted by Gasteiger charge is 2.18. The molecule has 0 unspecified atom stereocenters. The van der Waals surface area contributed by atoms with Crippen molar-refractivity contribution >= 4 is 5.97 Å². The summed E-state index contributed by atoms with van der Waals surface area (Å²) in [4.78, 5) is 15.7. The number of hydrogen-bond donors (Lipinski definition) is 0. The molecule has 5 nitrogen and oxygen atoms in total. The highest BCUT2D eigenvalue weighted by atomic mass is 19.1. The van der Waals surface area contributed by atoms with E-state index in [0.717, 1.165) is 44.8 Å². The van der Waals surface area contributed by atoms with Gasteiger partial charge in [0.1, 0.15) is 0 Å². The molecule has 6 heteroatoms. The predicted molar refractivity (Wildman–Crippen MR) is 81.3 cm³/mol. The Morgan fingerprint density at radius 3 is 2.45 bits per heavy atom. The summed E-state index contributed by atoms with van der Waals surface area (Å²) < 4.78 is 23.3. The number of halogens is 1. The Hall–Kier alpha value is -1.66. The molecule has 1 aliphatic rings. The lowest BCUT2D eigenvalue weighted by atomic mass is 10.1. The number of methoxy groups -OCH3 is 2. The van der Waals surface area contributed by atoms with E-state index < -0.39 is 0 Å². The van der Waals surface area contributed by atoms with Crippen molar-refractivity contribution in [3.63, 3.8) is 0 Å². The average Bonchev–Trinajstić information content (AvgIpc) is 2.54. The van der Waals surface area contributed by atoms with Crippen molar-refractivity contribution in [1.29, 1.82) is 0 Å². The van der Waals surface area contributed by atoms with Crippen molar-refractivity contribution in [3.05, 3.63) is 29.6 Å². The number of carbonyl (C=O) groups is 1. The second kappa shape index (κ2) is 8.10. The molecule has 1 aromatic carbocycles. The number of nitrogens with zero attached hydrogens (tertiary/aromatic N) is 2. The third kappa shape index (κ3) is 4.68. The van der Waals surface area contributed by atoms with Crippen molar-refractivity contribution in [2.75, 3.05) is 46.9 Å². The van der Waals surface area contributed by atoms with Crippen LogP contribution in [0.25, 0.3) is 0 Å². The summed E-state index contributed by atoms with van der Waals surface area (Å²) in [7, 11) is 2.87. The smallest absolute Gasteiger partial charge is 0.306 e. The van der Waals surface area contributed by atoms with Crippen molar-refractivity contribution in [1.82, 2.24) is 9.80 Å². The number of ether oxygens (including phenoxy) is 2. The molecule has 1 heterocycles. The van der Waals surface area contributed by atoms with Crippen LogP contribution in [0.3, 0.4) is 0 Å². The molecular weight excluding hydrogens is 287 g/mol. The van der Waals surface area contributed by atoms with Crippen LogP contribution in [0.1, 0.15) is 12.0 Å². The summed E-state index contributed by atoms with van der Waals surface area (Å²) >= 11 is 0. The summed E-state index contributed by atoms with van der Waals surface area (Å²) in [6.45, 7) is 5.11. The lowest BCUT2D eigenvalue weighted by molar-refractivity contribution is -0.141. The summed E-state index contributed by atoms with van der Waals surface area (Å²) in [5.74, 6) is -0.218. The minimum absolute atomic E-state index is 0.170. The van der Waals surface area contributed by atoms with E-state index in [1.54, 1.807) is 6.07 Å². The highest BCUT2D eigenvalue weighted by molar-refractivity contribution is 5.69. The van der Waals surface area contributed by atoms with Gasteiger partial charge in [0.25, 0.3) is 0 Å². The van der Waals surface area contributed by atoms with Crippen LogP contribution in [-0.2, 0) is 16.1 Å². The van der Waals surface area contributed by atoms with Crippen LogP contribution in [-0.4, -0.2) is 62.7 Å². The monoisotopic (exact) mass is 310 g/mol. The number of rotatable bonds is 6. The average molecular weight is 310 g/mol. The van der Waals surface area contributed by atoms with Crippen LogP contribution in [0.5, 0.6) is 5.75 Å². The van der Waals surface area contributed by atoms with E-state index in [2.05, 4.69) is 14.5 Å². The Balaban J connectivity index is 1.77. The summed E-state index contributed by atoms with van der Waals surface area (Å²) in [6.07, 6.45) is 0.431. The molecule has 22 heavy (non-hydrogen) atoms. The fraction of sp³-hybridized carbons (Fsp3) is 0.562. The van der Waals surface area contributed by atoms with E-state index in [1.807, 2.05) is 6.07 Å². The highest BCUT2D eigenvalue weighted by Crippen LogP contribution is 2.19. The van der Waals surface area contributed by atoms with Gasteiger partial charge in [0.2, 0.25) is 0 Å². The quantitative estimate of drug-likeness (QED) is 0.745. The SMILES string of the molecule is COC(=O)CCN1CCN(Cc2ccc(OC)c(F)c2)CC1. The predicted octanol–water partition coefficient (Wildman–Crippen LogP) is 1.51. The molecule has 0 spiro atoms. The van der Waals surface area contributed by atoms with E-state index in [9.17, 15) is 9.18 Å². The standard InChI is InChI=1S/C16H23FN2O3/c1-21-15-4-3-13(11-14(15)17)12-19-9-7-18(8-10-19)6-5-16(20)22-2/h3-4,11H,5-10,12H2,1-2H3. The Kier molecular flexibility index (Phi) is 6.15. The first kappa shape index (κ1) is 16.7. The van der Waals surface area contributed by atoms with Crippen molar-refractivity contribution in [2.45, 2.75) is 13.0 Å². The van der Waals surface area contributed by atoms with Crippen LogP contribution < -0.4 is 4.74 Å². The van der Waals surface area contributed by atoms with Crippen LogP contribution in [0, 0.1) is 5.82 Å². The second-order valence-corrected chi connectivity index (χ2v) is 5.41. The maximum Gasteiger partial charge on any atom is 0.306 e. The minimum atomic E-state index is -0.322. The van der Waals surface area contributed by atoms with Gasteiger partial charge in [0.05, 0.1) is 20.6 Å². The molecule has 1 saturated heterocycles. The molecular formula is C16H23FN2O3. The van der Waals surface area contributed by atoms with Gasteiger partial charge in [-0.1, -0.05) is 6.07 Å². The van der Waals surface area contributed by atoms with Gasteiger partial charge in [-0.15, -0.1) is 0 Å². The number of esters is 1. The molecule has 122 valence electrons. The first-order chi connectivity index (χ1) is 10.6. The molecule has 0 aliphatic carbocycles. The molecule has 1 fully saturated rings. The number of hydrogen-bond acceptors (Lipinski definition) is 5. The summed E-state index contributed by atoms with van der Waals surface area (Å²) in [5.41, 5.74) is 0.946. The number of benzene rings is 1. The topological polar surface area (TPSA) is 42.0 Å². The van der Waals surface area contributed by atoms with E-state index in [-0.39, 0.29) is 17.5 Å². The molecule has 0 amide bonds. The maximum atomic E-state index is 13.7. The molecule has 0 saturated carbocycles. The Morgan fingerprint density at radius 1 is 1.18 bits per heavy atom. The molecule has 0 aromatic heterocycles. The van der Waals surface area contributed by atoms with Crippen LogP contribution >= 0.6 is 0 Å². The Morgan fingerprint density at radius 2 is 1.86 bits per heavy atom. The van der Waals surface area contributed by atoms with Gasteiger partial charge in [-0.25, -0.2) is 4.39 Å². The van der Waals surface area contributed by atoms with E-state index in [0.29, 0.717) is 6.42 Å². The summed E-state index contributed by atoms with van der Waals surface area (Å²) in [5, 5.41) is 0. The van der Waals surface area contributed by atoms with E-state index in [1.165, 1.54) is 20.3 Å². The maximum absolute atomic E-state index is 13.7. The zero-order chi connectivity index (χ0) is 15.9. The molecule has 1 aliphatic heterocycles. The lowest BCUT2D eigenvalue weighted by Gasteiger charge is -2.34. The fourth-order valence-corrected chi connectivity index (χ4v) is 2.59. The van der Waals surface area contributed by atoms with Gasteiger partial charge in [-0.05, 0) is 17.7 Å². The van der Waals surface area contributed by atoms with Gasteiger partial charge < -0.3 is 14.4 Å². The minimum Gasteiger partial charge on any atom is -0.494 e. The van der Waals surface area contributed by atoms with Crippen molar-refractivity contribution < 1.29 is 18.7 Å². The third-order valence-corrected chi connectivity index (χ3v) is 3.95. The first-order valence-corrected chi connectivity index (χ1v) is 7.46. The molecule has 0 atom stereocenters. The molecule has 0 radical (unpaired) electrons. The van der Waals surface area contributed by atoms with Crippen LogP contribution in [0.15, 0.2) is 18.2 Å².